The summed E-state index contributed by atoms with van der Waals surface area (Å²) in [6, 6.07) is 17.9. The van der Waals surface area contributed by atoms with Gasteiger partial charge < -0.3 is 4.57 Å². The molecule has 0 radical (unpaired) electrons. The summed E-state index contributed by atoms with van der Waals surface area (Å²) in [5, 5.41) is 2.82. The first-order valence-corrected chi connectivity index (χ1v) is 9.24. The van der Waals surface area contributed by atoms with E-state index in [0.717, 1.165) is 58.7 Å². The van der Waals surface area contributed by atoms with Crippen LogP contribution < -0.4 is 0 Å². The highest BCUT2D eigenvalue weighted by Crippen LogP contribution is 2.37. The third-order valence-electron chi connectivity index (χ3n) is 4.75. The molecule has 0 spiro atoms. The lowest BCUT2D eigenvalue weighted by atomic mass is 10.1. The molecule has 0 aliphatic rings. The summed E-state index contributed by atoms with van der Waals surface area (Å²) < 4.78 is 2.31. The molecule has 4 heteroatoms. The van der Waals surface area contributed by atoms with Gasteiger partial charge in [0.05, 0.1) is 16.2 Å². The van der Waals surface area contributed by atoms with Crippen LogP contribution >= 0.6 is 11.6 Å². The van der Waals surface area contributed by atoms with Crippen LogP contribution in [-0.4, -0.2) is 15.8 Å². The first-order chi connectivity index (χ1) is 12.7. The number of aromatic nitrogens is 2. The summed E-state index contributed by atoms with van der Waals surface area (Å²) in [4.78, 5) is 16.2. The number of fused-ring (bicyclic) bond motifs is 3. The molecule has 3 nitrogen and oxygen atoms in total. The molecule has 0 saturated carbocycles. The molecule has 2 aromatic carbocycles. The van der Waals surface area contributed by atoms with E-state index in [-0.39, 0.29) is 0 Å². The summed E-state index contributed by atoms with van der Waals surface area (Å²) >= 11 is 6.47. The van der Waals surface area contributed by atoms with Gasteiger partial charge in [0.1, 0.15) is 5.69 Å². The van der Waals surface area contributed by atoms with Gasteiger partial charge in [-0.25, -0.2) is 4.98 Å². The smallest absolute Gasteiger partial charge is 0.168 e. The highest BCUT2D eigenvalue weighted by atomic mass is 35.5. The molecule has 0 aliphatic carbocycles. The second kappa shape index (κ2) is 6.93. The van der Waals surface area contributed by atoms with Crippen molar-refractivity contribution in [3.63, 3.8) is 0 Å². The van der Waals surface area contributed by atoms with Gasteiger partial charge in [-0.1, -0.05) is 61.3 Å². The fraction of sp³-hybridized carbons (Fsp3) is 0.182. The average Bonchev–Trinajstić information content (AvgIpc) is 3.00. The van der Waals surface area contributed by atoms with Gasteiger partial charge in [-0.3, -0.25) is 4.79 Å². The van der Waals surface area contributed by atoms with Crippen molar-refractivity contribution in [1.29, 1.82) is 0 Å². The van der Waals surface area contributed by atoms with Gasteiger partial charge in [-0.15, -0.1) is 0 Å². The zero-order valence-electron chi connectivity index (χ0n) is 14.6. The standard InChI is InChI=1S/C22H19ClN2O/c1-2-3-12-25-20-11-7-5-8-16(20)18-13-15(14-26)24-21(22(18)25)17-9-4-6-10-19(17)23/h4-11,13-14H,2-3,12H2,1H3. The molecular formula is C22H19ClN2O. The van der Waals surface area contributed by atoms with Crippen LogP contribution in [0.4, 0.5) is 0 Å². The Hall–Kier alpha value is -2.65. The van der Waals surface area contributed by atoms with E-state index in [0.29, 0.717) is 10.7 Å². The third kappa shape index (κ3) is 2.69. The van der Waals surface area contributed by atoms with Crippen LogP contribution in [0.25, 0.3) is 33.1 Å². The molecule has 0 saturated heterocycles. The summed E-state index contributed by atoms with van der Waals surface area (Å²) in [6.45, 7) is 3.09. The fourth-order valence-corrected chi connectivity index (χ4v) is 3.77. The number of para-hydroxylation sites is 1. The Morgan fingerprint density at radius 1 is 1.08 bits per heavy atom. The lowest BCUT2D eigenvalue weighted by Crippen LogP contribution is -2.01. The van der Waals surface area contributed by atoms with E-state index in [4.69, 9.17) is 11.6 Å². The maximum absolute atomic E-state index is 11.5. The average molecular weight is 363 g/mol. The second-order valence-corrected chi connectivity index (χ2v) is 6.82. The molecule has 130 valence electrons. The van der Waals surface area contributed by atoms with Crippen molar-refractivity contribution in [1.82, 2.24) is 9.55 Å². The van der Waals surface area contributed by atoms with Gasteiger partial charge in [0.25, 0.3) is 0 Å². The minimum Gasteiger partial charge on any atom is -0.339 e. The zero-order valence-corrected chi connectivity index (χ0v) is 15.3. The van der Waals surface area contributed by atoms with Crippen molar-refractivity contribution in [2.24, 2.45) is 0 Å². The molecule has 0 atom stereocenters. The fourth-order valence-electron chi connectivity index (χ4n) is 3.54. The minimum absolute atomic E-state index is 0.422. The molecule has 4 rings (SSSR count). The lowest BCUT2D eigenvalue weighted by Gasteiger charge is -2.11. The maximum Gasteiger partial charge on any atom is 0.168 e. The first kappa shape index (κ1) is 16.8. The summed E-state index contributed by atoms with van der Waals surface area (Å²) in [5.41, 5.74) is 4.24. The highest BCUT2D eigenvalue weighted by molar-refractivity contribution is 6.33. The number of rotatable bonds is 5. The van der Waals surface area contributed by atoms with E-state index in [2.05, 4.69) is 28.6 Å². The number of hydrogen-bond acceptors (Lipinski definition) is 2. The van der Waals surface area contributed by atoms with Crippen LogP contribution in [0, 0.1) is 0 Å². The topological polar surface area (TPSA) is 34.9 Å². The van der Waals surface area contributed by atoms with Gasteiger partial charge in [0.15, 0.2) is 6.29 Å². The maximum atomic E-state index is 11.5. The molecule has 0 aliphatic heterocycles. The molecular weight excluding hydrogens is 344 g/mol. The number of aldehydes is 1. The van der Waals surface area contributed by atoms with E-state index in [1.807, 2.05) is 42.5 Å². The normalized spacial score (nSPS) is 11.3. The number of benzene rings is 2. The van der Waals surface area contributed by atoms with Gasteiger partial charge in [0.2, 0.25) is 0 Å². The van der Waals surface area contributed by atoms with E-state index in [1.165, 1.54) is 0 Å². The molecule has 26 heavy (non-hydrogen) atoms. The van der Waals surface area contributed by atoms with E-state index in [1.54, 1.807) is 0 Å². The number of hydrogen-bond donors (Lipinski definition) is 0. The van der Waals surface area contributed by atoms with Crippen LogP contribution in [0.2, 0.25) is 5.02 Å². The molecule has 0 fully saturated rings. The van der Waals surface area contributed by atoms with Crippen molar-refractivity contribution in [3.05, 3.63) is 65.3 Å². The summed E-state index contributed by atoms with van der Waals surface area (Å²) in [7, 11) is 0. The van der Waals surface area contributed by atoms with Gasteiger partial charge in [-0.05, 0) is 24.6 Å². The van der Waals surface area contributed by atoms with Gasteiger partial charge in [0, 0.05) is 28.4 Å². The number of carbonyl (C=O) groups excluding carboxylic acids is 1. The molecule has 0 N–H and O–H groups in total. The predicted molar refractivity (Wildman–Crippen MR) is 108 cm³/mol. The first-order valence-electron chi connectivity index (χ1n) is 8.86. The third-order valence-corrected chi connectivity index (χ3v) is 5.08. The van der Waals surface area contributed by atoms with Crippen LogP contribution in [0.15, 0.2) is 54.6 Å². The van der Waals surface area contributed by atoms with Crippen molar-refractivity contribution in [2.45, 2.75) is 26.3 Å². The predicted octanol–water partition coefficient (Wildman–Crippen LogP) is 6.12. The Morgan fingerprint density at radius 2 is 1.85 bits per heavy atom. The number of unbranched alkanes of at least 4 members (excludes halogenated alkanes) is 1. The van der Waals surface area contributed by atoms with Crippen molar-refractivity contribution >= 4 is 39.7 Å². The number of halogens is 1. The highest BCUT2D eigenvalue weighted by Gasteiger charge is 2.18. The van der Waals surface area contributed by atoms with Gasteiger partial charge in [-0.2, -0.15) is 0 Å². The van der Waals surface area contributed by atoms with Gasteiger partial charge >= 0.3 is 0 Å². The zero-order chi connectivity index (χ0) is 18.1. The molecule has 4 aromatic rings. The monoisotopic (exact) mass is 362 g/mol. The number of pyridine rings is 1. The van der Waals surface area contributed by atoms with E-state index < -0.39 is 0 Å². The molecule has 0 bridgehead atoms. The SMILES string of the molecule is CCCCn1c2ccccc2c2cc(C=O)nc(-c3ccccc3Cl)c21. The number of aryl methyl sites for hydroxylation is 1. The Kier molecular flexibility index (Phi) is 4.48. The van der Waals surface area contributed by atoms with E-state index >= 15 is 0 Å². The second-order valence-electron chi connectivity index (χ2n) is 6.41. The molecule has 2 heterocycles. The Bertz CT molecular complexity index is 1110. The summed E-state index contributed by atoms with van der Waals surface area (Å²) in [6.07, 6.45) is 2.98. The number of nitrogens with zero attached hydrogens (tertiary/aromatic N) is 2. The van der Waals surface area contributed by atoms with Crippen molar-refractivity contribution < 1.29 is 4.79 Å². The minimum atomic E-state index is 0.422. The Labute approximate surface area is 157 Å². The van der Waals surface area contributed by atoms with Crippen molar-refractivity contribution in [3.8, 4) is 11.3 Å². The Morgan fingerprint density at radius 3 is 2.62 bits per heavy atom. The lowest BCUT2D eigenvalue weighted by molar-refractivity contribution is 0.111. The van der Waals surface area contributed by atoms with E-state index in [9.17, 15) is 4.79 Å². The van der Waals surface area contributed by atoms with Crippen LogP contribution in [0.5, 0.6) is 0 Å². The van der Waals surface area contributed by atoms with Crippen LogP contribution in [0.3, 0.4) is 0 Å². The Balaban J connectivity index is 2.16. The quantitative estimate of drug-likeness (QED) is 0.401. The number of carbonyl (C=O) groups is 1. The molecule has 0 unspecified atom stereocenters. The van der Waals surface area contributed by atoms with Crippen LogP contribution in [-0.2, 0) is 6.54 Å². The molecule has 2 aromatic heterocycles. The molecule has 0 amide bonds. The summed E-state index contributed by atoms with van der Waals surface area (Å²) in [5.74, 6) is 0. The largest absolute Gasteiger partial charge is 0.339 e. The van der Waals surface area contributed by atoms with Crippen LogP contribution in [0.1, 0.15) is 30.3 Å². The van der Waals surface area contributed by atoms with Crippen molar-refractivity contribution in [2.75, 3.05) is 0 Å².